The van der Waals surface area contributed by atoms with Gasteiger partial charge in [0.05, 0.1) is 57.6 Å². The topological polar surface area (TPSA) is 61.8 Å². The minimum atomic E-state index is 0.587. The molecule has 0 amide bonds. The Balaban J connectivity index is 1.14. The molecule has 7 aromatic carbocycles. The first-order valence-corrected chi connectivity index (χ1v) is 16.3. The van der Waals surface area contributed by atoms with Crippen molar-refractivity contribution < 1.29 is 0 Å². The third-order valence-corrected chi connectivity index (χ3v) is 9.63. The molecule has 9 rings (SSSR count). The molecule has 0 saturated heterocycles. The Morgan fingerprint density at radius 2 is 1.10 bits per heavy atom. The molecule has 0 atom stereocenters. The Bertz CT molecular complexity index is 2940. The lowest BCUT2D eigenvalue weighted by molar-refractivity contribution is 1.18. The van der Waals surface area contributed by atoms with Gasteiger partial charge >= 0.3 is 0 Å². The van der Waals surface area contributed by atoms with Gasteiger partial charge < -0.3 is 9.13 Å². The van der Waals surface area contributed by atoms with Crippen molar-refractivity contribution in [2.75, 3.05) is 0 Å². The highest BCUT2D eigenvalue weighted by molar-refractivity contribution is 6.13. The maximum Gasteiger partial charge on any atom is 0.211 e. The van der Waals surface area contributed by atoms with Gasteiger partial charge in [0, 0.05) is 27.4 Å². The number of fused-ring (bicyclic) bond motifs is 6. The van der Waals surface area contributed by atoms with E-state index in [1.807, 2.05) is 66.7 Å². The Hall–Kier alpha value is -7.39. The van der Waals surface area contributed by atoms with Gasteiger partial charge in [-0.3, -0.25) is 0 Å². The Kier molecular flexibility index (Phi) is 6.56. The summed E-state index contributed by atoms with van der Waals surface area (Å²) < 4.78 is 4.38. The number of hydrogen-bond acceptors (Lipinski definition) is 2. The van der Waals surface area contributed by atoms with Gasteiger partial charge in [-0.1, -0.05) is 97.1 Å². The second kappa shape index (κ2) is 11.4. The van der Waals surface area contributed by atoms with Crippen LogP contribution in [0.2, 0.25) is 0 Å². The normalized spacial score (nSPS) is 11.1. The van der Waals surface area contributed by atoms with Gasteiger partial charge in [0.15, 0.2) is 0 Å². The lowest BCUT2D eigenvalue weighted by Crippen LogP contribution is -1.99. The highest BCUT2D eigenvalue weighted by Crippen LogP contribution is 2.40. The quantitative estimate of drug-likeness (QED) is 0.181. The smallest absolute Gasteiger partial charge is 0.211 e. The van der Waals surface area contributed by atoms with Crippen molar-refractivity contribution in [3.63, 3.8) is 0 Å². The summed E-state index contributed by atoms with van der Waals surface area (Å²) in [6.45, 7) is 7.83. The van der Waals surface area contributed by atoms with Crippen molar-refractivity contribution in [3.8, 4) is 45.8 Å². The number of nitrogens with zero attached hydrogens (tertiary/aromatic N) is 5. The molecular formula is C45H25N5. The number of rotatable bonds is 4. The van der Waals surface area contributed by atoms with Crippen LogP contribution in [0, 0.1) is 29.2 Å². The van der Waals surface area contributed by atoms with Crippen molar-refractivity contribution in [1.82, 2.24) is 9.13 Å². The van der Waals surface area contributed by atoms with Gasteiger partial charge in [-0.2, -0.15) is 10.5 Å². The van der Waals surface area contributed by atoms with E-state index < -0.39 is 0 Å². The van der Waals surface area contributed by atoms with Crippen LogP contribution in [0.25, 0.3) is 82.1 Å². The molecule has 5 heteroatoms. The number of aromatic nitrogens is 2. The SMILES string of the molecule is [C-]#[N+]c1cccc2c3ccccc3n(-c3ccc(-c4ccc(-c5c(C#N)cccc5-n5c6ccccc6c6cc(C#N)ccc65)cc4)cc3)c12. The van der Waals surface area contributed by atoms with Crippen LogP contribution in [0.15, 0.2) is 152 Å². The van der Waals surface area contributed by atoms with Crippen molar-refractivity contribution in [3.05, 3.63) is 174 Å². The predicted octanol–water partition coefficient (Wildman–Crippen LogP) is 11.5. The zero-order valence-electron chi connectivity index (χ0n) is 26.7. The van der Waals surface area contributed by atoms with E-state index in [2.05, 4.69) is 111 Å². The molecule has 5 nitrogen and oxygen atoms in total. The second-order valence-electron chi connectivity index (χ2n) is 12.3. The van der Waals surface area contributed by atoms with E-state index in [0.29, 0.717) is 16.8 Å². The minimum Gasteiger partial charge on any atom is -0.319 e. The van der Waals surface area contributed by atoms with Crippen LogP contribution < -0.4 is 0 Å². The van der Waals surface area contributed by atoms with Gasteiger partial charge in [-0.15, -0.1) is 0 Å². The summed E-state index contributed by atoms with van der Waals surface area (Å²) in [7, 11) is 0. The maximum absolute atomic E-state index is 10.3. The zero-order valence-corrected chi connectivity index (χ0v) is 26.7. The van der Waals surface area contributed by atoms with E-state index in [9.17, 15) is 10.5 Å². The molecule has 0 unspecified atom stereocenters. The fourth-order valence-corrected chi connectivity index (χ4v) is 7.42. The Labute approximate surface area is 288 Å². The monoisotopic (exact) mass is 635 g/mol. The van der Waals surface area contributed by atoms with Gasteiger partial charge in [0.2, 0.25) is 5.69 Å². The molecule has 9 aromatic rings. The van der Waals surface area contributed by atoms with Gasteiger partial charge in [0.1, 0.15) is 0 Å². The maximum atomic E-state index is 10.3. The number of nitriles is 2. The molecule has 0 aliphatic carbocycles. The Morgan fingerprint density at radius 1 is 0.500 bits per heavy atom. The fourth-order valence-electron chi connectivity index (χ4n) is 7.42. The van der Waals surface area contributed by atoms with E-state index in [0.717, 1.165) is 77.2 Å². The first kappa shape index (κ1) is 28.8. The van der Waals surface area contributed by atoms with Crippen LogP contribution in [0.3, 0.4) is 0 Å². The minimum absolute atomic E-state index is 0.587. The summed E-state index contributed by atoms with van der Waals surface area (Å²) in [4.78, 5) is 3.85. The number of para-hydroxylation sites is 3. The molecule has 0 aliphatic heterocycles. The van der Waals surface area contributed by atoms with Crippen LogP contribution >= 0.6 is 0 Å². The molecule has 0 bridgehead atoms. The second-order valence-corrected chi connectivity index (χ2v) is 12.3. The molecule has 0 saturated carbocycles. The van der Waals surface area contributed by atoms with Gasteiger partial charge in [0.25, 0.3) is 0 Å². The average Bonchev–Trinajstić information content (AvgIpc) is 3.70. The molecular weight excluding hydrogens is 611 g/mol. The summed E-state index contributed by atoms with van der Waals surface area (Å²) in [6, 6.07) is 55.5. The van der Waals surface area contributed by atoms with E-state index in [1.165, 1.54) is 0 Å². The third kappa shape index (κ3) is 4.31. The highest BCUT2D eigenvalue weighted by Gasteiger charge is 2.19. The molecule has 0 spiro atoms. The fraction of sp³-hybridized carbons (Fsp3) is 0. The summed E-state index contributed by atoms with van der Waals surface area (Å²) in [6.07, 6.45) is 0. The first-order valence-electron chi connectivity index (χ1n) is 16.3. The van der Waals surface area contributed by atoms with E-state index in [-0.39, 0.29) is 0 Å². The number of hydrogen-bond donors (Lipinski definition) is 0. The highest BCUT2D eigenvalue weighted by atomic mass is 15.0. The van der Waals surface area contributed by atoms with E-state index in [1.54, 1.807) is 0 Å². The standard InChI is InChI=1S/C45H25N5/c1-48-39-12-7-11-37-35-9-2-4-13-40(35)49(45(37)39)34-23-21-31(22-24-34)30-17-19-32(20-18-30)44-33(28-47)8-6-15-43(44)50-41-14-5-3-10-36(41)38-26-29(27-46)16-25-42(38)50/h2-26H. The van der Waals surface area contributed by atoms with Crippen LogP contribution in [0.5, 0.6) is 0 Å². The van der Waals surface area contributed by atoms with Crippen LogP contribution in [0.4, 0.5) is 5.69 Å². The van der Waals surface area contributed by atoms with Gasteiger partial charge in [-0.05, 0) is 76.7 Å². The summed E-state index contributed by atoms with van der Waals surface area (Å²) >= 11 is 0. The van der Waals surface area contributed by atoms with Crippen molar-refractivity contribution in [1.29, 1.82) is 10.5 Å². The molecule has 0 radical (unpaired) electrons. The lowest BCUT2D eigenvalue weighted by atomic mass is 9.95. The van der Waals surface area contributed by atoms with Crippen LogP contribution in [0.1, 0.15) is 11.1 Å². The summed E-state index contributed by atoms with van der Waals surface area (Å²) in [5.41, 5.74) is 11.6. The van der Waals surface area contributed by atoms with Gasteiger partial charge in [-0.25, -0.2) is 4.85 Å². The van der Waals surface area contributed by atoms with E-state index in [4.69, 9.17) is 6.57 Å². The molecule has 2 aromatic heterocycles. The average molecular weight is 636 g/mol. The van der Waals surface area contributed by atoms with Crippen molar-refractivity contribution >= 4 is 49.3 Å². The molecule has 0 fully saturated rings. The predicted molar refractivity (Wildman–Crippen MR) is 202 cm³/mol. The molecule has 2 heterocycles. The zero-order chi connectivity index (χ0) is 33.8. The van der Waals surface area contributed by atoms with E-state index >= 15 is 0 Å². The summed E-state index contributed by atoms with van der Waals surface area (Å²) in [5.74, 6) is 0. The van der Waals surface area contributed by atoms with Crippen LogP contribution in [-0.4, -0.2) is 9.13 Å². The lowest BCUT2D eigenvalue weighted by Gasteiger charge is -2.16. The van der Waals surface area contributed by atoms with Crippen molar-refractivity contribution in [2.45, 2.75) is 0 Å². The molecule has 0 aliphatic rings. The first-order chi connectivity index (χ1) is 24.7. The summed E-state index contributed by atoms with van der Waals surface area (Å²) in [5, 5.41) is 24.1. The van der Waals surface area contributed by atoms with Crippen molar-refractivity contribution in [2.24, 2.45) is 0 Å². The van der Waals surface area contributed by atoms with Crippen LogP contribution in [-0.2, 0) is 0 Å². The largest absolute Gasteiger partial charge is 0.319 e. The molecule has 0 N–H and O–H groups in total. The third-order valence-electron chi connectivity index (χ3n) is 9.63. The molecule has 50 heavy (non-hydrogen) atoms. The Morgan fingerprint density at radius 3 is 1.80 bits per heavy atom. The number of benzene rings is 7. The molecule has 230 valence electrons.